The Kier molecular flexibility index (Phi) is 15.8. The molecule has 5 nitrogen and oxygen atoms in total. The van der Waals surface area contributed by atoms with Crippen molar-refractivity contribution in [1.29, 1.82) is 0 Å². The first-order chi connectivity index (χ1) is 15.8. The third-order valence-corrected chi connectivity index (χ3v) is 7.08. The molecule has 7 heteroatoms. The van der Waals surface area contributed by atoms with Crippen LogP contribution in [0.25, 0.3) is 0 Å². The van der Waals surface area contributed by atoms with E-state index in [2.05, 4.69) is 47.7 Å². The molecule has 0 fully saturated rings. The maximum Gasteiger partial charge on any atom is 0.238 e. The van der Waals surface area contributed by atoms with Crippen LogP contribution in [0.2, 0.25) is 0 Å². The van der Waals surface area contributed by atoms with Gasteiger partial charge in [0.1, 0.15) is 0 Å². The molecule has 0 saturated carbocycles. The van der Waals surface area contributed by atoms with Crippen LogP contribution in [0.1, 0.15) is 101 Å². The van der Waals surface area contributed by atoms with Crippen molar-refractivity contribution in [3.8, 4) is 0 Å². The molecule has 0 bridgehead atoms. The highest BCUT2D eigenvalue weighted by Gasteiger charge is 2.19. The zero-order chi connectivity index (χ0) is 24.5. The Bertz CT molecular complexity index is 865. The second kappa shape index (κ2) is 17.4. The van der Waals surface area contributed by atoms with Gasteiger partial charge in [-0.15, -0.1) is 0 Å². The molecule has 1 aromatic carbocycles. The highest BCUT2D eigenvalue weighted by molar-refractivity contribution is 14.1. The third-order valence-electron chi connectivity index (χ3n) is 5.44. The van der Waals surface area contributed by atoms with E-state index in [1.165, 1.54) is 38.2 Å². The number of primary sulfonamides is 1. The first kappa shape index (κ1) is 30.0. The normalized spacial score (nSPS) is 13.2. The average Bonchev–Trinajstić information content (AvgIpc) is 2.76. The Morgan fingerprint density at radius 3 is 2.24 bits per heavy atom. The number of halogens is 1. The van der Waals surface area contributed by atoms with Crippen molar-refractivity contribution >= 4 is 38.4 Å². The summed E-state index contributed by atoms with van der Waals surface area (Å²) in [7, 11) is -3.91. The number of benzene rings is 1. The van der Waals surface area contributed by atoms with Crippen molar-refractivity contribution in [2.24, 2.45) is 5.14 Å². The van der Waals surface area contributed by atoms with Crippen LogP contribution in [0, 0.1) is 3.57 Å². The number of hydrogen-bond acceptors (Lipinski definition) is 4. The van der Waals surface area contributed by atoms with Crippen LogP contribution in [0.15, 0.2) is 47.4 Å². The highest BCUT2D eigenvalue weighted by Crippen LogP contribution is 2.20. The quantitative estimate of drug-likeness (QED) is 0.0864. The smallest absolute Gasteiger partial charge is 0.238 e. The van der Waals surface area contributed by atoms with E-state index in [0.29, 0.717) is 12.8 Å². The van der Waals surface area contributed by atoms with E-state index in [4.69, 9.17) is 5.14 Å². The molecule has 186 valence electrons. The lowest BCUT2D eigenvalue weighted by atomic mass is 10.0. The number of sulfonamides is 1. The molecule has 0 radical (unpaired) electrons. The fourth-order valence-electron chi connectivity index (χ4n) is 3.54. The van der Waals surface area contributed by atoms with Gasteiger partial charge in [0.25, 0.3) is 0 Å². The van der Waals surface area contributed by atoms with Crippen molar-refractivity contribution in [1.82, 2.24) is 0 Å². The summed E-state index contributed by atoms with van der Waals surface area (Å²) in [5.41, 5.74) is 0.191. The second-order valence-corrected chi connectivity index (χ2v) is 11.2. The Morgan fingerprint density at radius 1 is 1.00 bits per heavy atom. The van der Waals surface area contributed by atoms with Gasteiger partial charge in [-0.3, -0.25) is 4.79 Å². The van der Waals surface area contributed by atoms with Crippen molar-refractivity contribution in [3.05, 3.63) is 51.6 Å². The molecule has 0 heterocycles. The van der Waals surface area contributed by atoms with Gasteiger partial charge in [0.05, 0.1) is 11.0 Å². The minimum Gasteiger partial charge on any atom is -0.389 e. The number of carbonyl (C=O) groups excluding carboxylic acids is 1. The first-order valence-electron chi connectivity index (χ1n) is 12.1. The molecule has 0 amide bonds. The number of hydrogen-bond donors (Lipinski definition) is 2. The predicted octanol–water partition coefficient (Wildman–Crippen LogP) is 6.69. The van der Waals surface area contributed by atoms with E-state index in [-0.39, 0.29) is 22.3 Å². The van der Waals surface area contributed by atoms with Crippen LogP contribution >= 0.6 is 22.6 Å². The molecule has 1 atom stereocenters. The maximum atomic E-state index is 12.5. The van der Waals surface area contributed by atoms with E-state index in [9.17, 15) is 18.3 Å². The molecule has 0 aromatic heterocycles. The second-order valence-electron chi connectivity index (χ2n) is 8.46. The van der Waals surface area contributed by atoms with Gasteiger partial charge in [-0.25, -0.2) is 13.6 Å². The van der Waals surface area contributed by atoms with E-state index < -0.39 is 10.0 Å². The number of aliphatic hydroxyl groups excluding tert-OH is 1. The van der Waals surface area contributed by atoms with E-state index >= 15 is 0 Å². The summed E-state index contributed by atoms with van der Waals surface area (Å²) in [6, 6.07) is 4.63. The molecule has 0 unspecified atom stereocenters. The van der Waals surface area contributed by atoms with Gasteiger partial charge in [0.15, 0.2) is 5.78 Å². The topological polar surface area (TPSA) is 97.5 Å². The molecular weight excluding hydrogens is 549 g/mol. The lowest BCUT2D eigenvalue weighted by Gasteiger charge is -2.07. The Balaban J connectivity index is 2.12. The van der Waals surface area contributed by atoms with Crippen molar-refractivity contribution in [2.45, 2.75) is 101 Å². The monoisotopic (exact) mass is 589 g/mol. The van der Waals surface area contributed by atoms with Crippen molar-refractivity contribution < 1.29 is 18.3 Å². The highest BCUT2D eigenvalue weighted by atomic mass is 127. The number of nitrogens with two attached hydrogens (primary N) is 1. The maximum absolute atomic E-state index is 12.5. The fraction of sp³-hybridized carbons (Fsp3) is 0.577. The summed E-state index contributed by atoms with van der Waals surface area (Å²) in [6.45, 7) is 2.14. The van der Waals surface area contributed by atoms with Gasteiger partial charge in [-0.05, 0) is 85.7 Å². The van der Waals surface area contributed by atoms with Crippen LogP contribution in [-0.4, -0.2) is 25.4 Å². The number of allylic oxidation sites excluding steroid dienone is 3. The number of carbonyl (C=O) groups is 1. The standard InChI is InChI=1S/C26H40INO4S/c1-2-3-16-23(29)17-14-12-10-8-6-4-5-7-9-11-13-15-18-25(30)24-21-22(27)19-20-26(24)33(28,31)32/h9,11,14,17,19-21,23,29H,2-8,10,12-13,15-16,18H2,1H3,(H2,28,31,32)/b11-9-,17-14-/t23-/m1/s1. The van der Waals surface area contributed by atoms with Gasteiger partial charge in [-0.1, -0.05) is 63.3 Å². The van der Waals surface area contributed by atoms with E-state index in [1.54, 1.807) is 12.1 Å². The van der Waals surface area contributed by atoms with Crippen molar-refractivity contribution in [2.75, 3.05) is 0 Å². The van der Waals surface area contributed by atoms with Crippen LogP contribution < -0.4 is 5.14 Å². The Hall–Kier alpha value is -1.03. The first-order valence-corrected chi connectivity index (χ1v) is 14.7. The summed E-state index contributed by atoms with van der Waals surface area (Å²) >= 11 is 2.06. The van der Waals surface area contributed by atoms with E-state index in [0.717, 1.165) is 42.1 Å². The number of unbranched alkanes of at least 4 members (excludes halogenated alkanes) is 8. The molecule has 3 N–H and O–H groups in total. The van der Waals surface area contributed by atoms with Crippen LogP contribution in [-0.2, 0) is 10.0 Å². The summed E-state index contributed by atoms with van der Waals surface area (Å²) in [6.07, 6.45) is 21.0. The fourth-order valence-corrected chi connectivity index (χ4v) is 4.76. The molecule has 0 aliphatic heterocycles. The minimum atomic E-state index is -3.91. The predicted molar refractivity (Wildman–Crippen MR) is 145 cm³/mol. The number of aliphatic hydroxyl groups is 1. The third kappa shape index (κ3) is 14.1. The van der Waals surface area contributed by atoms with Crippen molar-refractivity contribution in [3.63, 3.8) is 0 Å². The van der Waals surface area contributed by atoms with Gasteiger partial charge < -0.3 is 5.11 Å². The van der Waals surface area contributed by atoms with Gasteiger partial charge >= 0.3 is 0 Å². The summed E-state index contributed by atoms with van der Waals surface area (Å²) in [5, 5.41) is 15.0. The molecule has 1 rings (SSSR count). The van der Waals surface area contributed by atoms with Gasteiger partial charge in [0.2, 0.25) is 10.0 Å². The van der Waals surface area contributed by atoms with Crippen LogP contribution in [0.4, 0.5) is 0 Å². The molecule has 0 saturated heterocycles. The Morgan fingerprint density at radius 2 is 1.61 bits per heavy atom. The number of rotatable bonds is 18. The minimum absolute atomic E-state index is 0.0935. The SMILES string of the molecule is CCCC[C@@H](O)/C=C\CCCCCCC/C=C\CCCC(=O)c1cc(I)ccc1S(N)(=O)=O. The Labute approximate surface area is 214 Å². The zero-order valence-electron chi connectivity index (χ0n) is 19.8. The average molecular weight is 590 g/mol. The van der Waals surface area contributed by atoms with E-state index in [1.807, 2.05) is 6.08 Å². The van der Waals surface area contributed by atoms with Gasteiger partial charge in [0, 0.05) is 15.6 Å². The molecular formula is C26H40INO4S. The summed E-state index contributed by atoms with van der Waals surface area (Å²) in [5.74, 6) is -0.184. The molecule has 0 spiro atoms. The van der Waals surface area contributed by atoms with Crippen LogP contribution in [0.5, 0.6) is 0 Å². The number of Topliss-reactive ketones (excluding diaryl/α,β-unsaturated/α-hetero) is 1. The lowest BCUT2D eigenvalue weighted by molar-refractivity contribution is 0.0977. The lowest BCUT2D eigenvalue weighted by Crippen LogP contribution is -2.17. The molecule has 1 aromatic rings. The molecule has 0 aliphatic rings. The number of ketones is 1. The summed E-state index contributed by atoms with van der Waals surface area (Å²) < 4.78 is 24.2. The van der Waals surface area contributed by atoms with Gasteiger partial charge in [-0.2, -0.15) is 0 Å². The molecule has 0 aliphatic carbocycles. The summed E-state index contributed by atoms with van der Waals surface area (Å²) in [4.78, 5) is 12.4. The van der Waals surface area contributed by atoms with Crippen LogP contribution in [0.3, 0.4) is 0 Å². The molecule has 33 heavy (non-hydrogen) atoms. The zero-order valence-corrected chi connectivity index (χ0v) is 22.8. The largest absolute Gasteiger partial charge is 0.389 e.